The van der Waals surface area contributed by atoms with Crippen molar-refractivity contribution < 1.29 is 8.42 Å². The number of halogens is 1. The molecule has 2 rings (SSSR count). The van der Waals surface area contributed by atoms with Gasteiger partial charge >= 0.3 is 0 Å². The maximum atomic E-state index is 12.3. The summed E-state index contributed by atoms with van der Waals surface area (Å²) >= 11 is 5.80. The first-order valence-electron chi connectivity index (χ1n) is 5.71. The Morgan fingerprint density at radius 1 is 1.20 bits per heavy atom. The highest BCUT2D eigenvalue weighted by Crippen LogP contribution is 2.22. The number of aryl methyl sites for hydroxylation is 1. The molecule has 20 heavy (non-hydrogen) atoms. The summed E-state index contributed by atoms with van der Waals surface area (Å²) in [6.45, 7) is 1.76. The second kappa shape index (κ2) is 5.53. The molecule has 0 radical (unpaired) electrons. The molecule has 0 aliphatic rings. The van der Waals surface area contributed by atoms with Gasteiger partial charge in [-0.2, -0.15) is 5.26 Å². The zero-order valence-corrected chi connectivity index (χ0v) is 12.2. The van der Waals surface area contributed by atoms with Crippen molar-refractivity contribution in [2.75, 3.05) is 4.72 Å². The minimum absolute atomic E-state index is 0.0757. The van der Waals surface area contributed by atoms with Gasteiger partial charge in [0.05, 0.1) is 22.2 Å². The highest BCUT2D eigenvalue weighted by Gasteiger charge is 2.15. The Hall–Kier alpha value is -2.03. The molecule has 0 fully saturated rings. The van der Waals surface area contributed by atoms with E-state index in [0.717, 1.165) is 5.56 Å². The van der Waals surface area contributed by atoms with Crippen LogP contribution in [0.4, 0.5) is 5.69 Å². The lowest BCUT2D eigenvalue weighted by Crippen LogP contribution is -2.13. The smallest absolute Gasteiger partial charge is 0.261 e. The lowest BCUT2D eigenvalue weighted by molar-refractivity contribution is 0.601. The third kappa shape index (κ3) is 3.10. The van der Waals surface area contributed by atoms with Crippen LogP contribution in [0.2, 0.25) is 5.02 Å². The van der Waals surface area contributed by atoms with Crippen molar-refractivity contribution in [3.05, 3.63) is 58.6 Å². The largest absolute Gasteiger partial charge is 0.279 e. The Kier molecular flexibility index (Phi) is 3.98. The fourth-order valence-corrected chi connectivity index (χ4v) is 3.06. The van der Waals surface area contributed by atoms with Crippen LogP contribution in [0.15, 0.2) is 47.4 Å². The summed E-state index contributed by atoms with van der Waals surface area (Å²) in [5, 5.41) is 9.20. The number of nitrogens with zero attached hydrogens (tertiary/aromatic N) is 1. The number of anilines is 1. The summed E-state index contributed by atoms with van der Waals surface area (Å²) in [6, 6.07) is 12.8. The predicted molar refractivity (Wildman–Crippen MR) is 78.2 cm³/mol. The SMILES string of the molecule is Cc1ccc(C#N)cc1NS(=O)(=O)c1cccc(Cl)c1. The highest BCUT2D eigenvalue weighted by atomic mass is 35.5. The van der Waals surface area contributed by atoms with Crippen molar-refractivity contribution in [1.29, 1.82) is 5.26 Å². The van der Waals surface area contributed by atoms with Gasteiger partial charge in [-0.05, 0) is 42.8 Å². The fourth-order valence-electron chi connectivity index (χ4n) is 1.64. The molecule has 2 aromatic rings. The van der Waals surface area contributed by atoms with Gasteiger partial charge in [0.15, 0.2) is 0 Å². The number of nitrogens with one attached hydrogen (secondary N) is 1. The Balaban J connectivity index is 2.41. The summed E-state index contributed by atoms with van der Waals surface area (Å²) in [4.78, 5) is 0.0757. The molecule has 0 spiro atoms. The summed E-state index contributed by atoms with van der Waals surface area (Å²) in [7, 11) is -3.73. The lowest BCUT2D eigenvalue weighted by atomic mass is 10.1. The van der Waals surface area contributed by atoms with Gasteiger partial charge in [0.1, 0.15) is 0 Å². The molecule has 0 saturated heterocycles. The van der Waals surface area contributed by atoms with E-state index in [9.17, 15) is 8.42 Å². The zero-order chi connectivity index (χ0) is 14.8. The van der Waals surface area contributed by atoms with E-state index in [1.165, 1.54) is 18.2 Å². The Morgan fingerprint density at radius 2 is 1.95 bits per heavy atom. The molecule has 4 nitrogen and oxygen atoms in total. The molecular weight excluding hydrogens is 296 g/mol. The van der Waals surface area contributed by atoms with Crippen LogP contribution in [-0.2, 0) is 10.0 Å². The number of nitriles is 1. The second-order valence-electron chi connectivity index (χ2n) is 4.20. The first-order chi connectivity index (χ1) is 9.42. The molecule has 2 aromatic carbocycles. The molecular formula is C14H11ClN2O2S. The third-order valence-electron chi connectivity index (χ3n) is 2.72. The summed E-state index contributed by atoms with van der Waals surface area (Å²) < 4.78 is 27.0. The van der Waals surface area contributed by atoms with Gasteiger partial charge in [-0.15, -0.1) is 0 Å². The van der Waals surface area contributed by atoms with Crippen molar-refractivity contribution >= 4 is 27.3 Å². The van der Waals surface area contributed by atoms with Crippen LogP contribution < -0.4 is 4.72 Å². The Bertz CT molecular complexity index is 795. The minimum Gasteiger partial charge on any atom is -0.279 e. The predicted octanol–water partition coefficient (Wildman–Crippen LogP) is 3.32. The van der Waals surface area contributed by atoms with E-state index in [-0.39, 0.29) is 4.90 Å². The summed E-state index contributed by atoms with van der Waals surface area (Å²) in [5.41, 5.74) is 1.50. The van der Waals surface area contributed by atoms with E-state index in [1.54, 1.807) is 31.2 Å². The topological polar surface area (TPSA) is 70.0 Å². The van der Waals surface area contributed by atoms with E-state index >= 15 is 0 Å². The summed E-state index contributed by atoms with van der Waals surface area (Å²) in [6.07, 6.45) is 0. The average Bonchev–Trinajstić information content (AvgIpc) is 2.41. The maximum absolute atomic E-state index is 12.3. The van der Waals surface area contributed by atoms with E-state index in [0.29, 0.717) is 16.3 Å². The lowest BCUT2D eigenvalue weighted by Gasteiger charge is -2.11. The van der Waals surface area contributed by atoms with Gasteiger partial charge in [0.2, 0.25) is 0 Å². The van der Waals surface area contributed by atoms with E-state index in [1.807, 2.05) is 6.07 Å². The normalized spacial score (nSPS) is 10.8. The molecule has 0 aliphatic carbocycles. The highest BCUT2D eigenvalue weighted by molar-refractivity contribution is 7.92. The van der Waals surface area contributed by atoms with E-state index < -0.39 is 10.0 Å². The molecule has 0 aliphatic heterocycles. The van der Waals surface area contributed by atoms with E-state index in [2.05, 4.69) is 4.72 Å². The molecule has 102 valence electrons. The molecule has 6 heteroatoms. The van der Waals surface area contributed by atoms with Crippen LogP contribution in [0.25, 0.3) is 0 Å². The van der Waals surface area contributed by atoms with Crippen molar-refractivity contribution in [1.82, 2.24) is 0 Å². The van der Waals surface area contributed by atoms with Crippen LogP contribution in [-0.4, -0.2) is 8.42 Å². The standard InChI is InChI=1S/C14H11ClN2O2S/c1-10-5-6-11(9-16)7-14(10)17-20(18,19)13-4-2-3-12(15)8-13/h2-8,17H,1H3. The van der Waals surface area contributed by atoms with Crippen LogP contribution in [0.1, 0.15) is 11.1 Å². The number of benzene rings is 2. The van der Waals surface area contributed by atoms with Crippen molar-refractivity contribution in [2.24, 2.45) is 0 Å². The third-order valence-corrected chi connectivity index (χ3v) is 4.32. The van der Waals surface area contributed by atoms with Crippen molar-refractivity contribution in [3.8, 4) is 6.07 Å². The van der Waals surface area contributed by atoms with Gasteiger partial charge in [-0.1, -0.05) is 23.7 Å². The molecule has 0 unspecified atom stereocenters. The van der Waals surface area contributed by atoms with Crippen LogP contribution in [0, 0.1) is 18.3 Å². The van der Waals surface area contributed by atoms with Gasteiger partial charge in [0.25, 0.3) is 10.0 Å². The second-order valence-corrected chi connectivity index (χ2v) is 6.32. The number of hydrogen-bond acceptors (Lipinski definition) is 3. The molecule has 0 atom stereocenters. The fraction of sp³-hybridized carbons (Fsp3) is 0.0714. The molecule has 0 bridgehead atoms. The van der Waals surface area contributed by atoms with Gasteiger partial charge < -0.3 is 0 Å². The number of sulfonamides is 1. The average molecular weight is 307 g/mol. The van der Waals surface area contributed by atoms with Gasteiger partial charge in [-0.3, -0.25) is 4.72 Å². The molecule has 0 saturated carbocycles. The molecule has 0 amide bonds. The van der Waals surface area contributed by atoms with E-state index in [4.69, 9.17) is 16.9 Å². The van der Waals surface area contributed by atoms with Crippen molar-refractivity contribution in [3.63, 3.8) is 0 Å². The van der Waals surface area contributed by atoms with Crippen LogP contribution >= 0.6 is 11.6 Å². The maximum Gasteiger partial charge on any atom is 0.261 e. The quantitative estimate of drug-likeness (QED) is 0.945. The zero-order valence-electron chi connectivity index (χ0n) is 10.6. The van der Waals surface area contributed by atoms with Gasteiger partial charge in [0, 0.05) is 5.02 Å². The minimum atomic E-state index is -3.73. The van der Waals surface area contributed by atoms with Crippen LogP contribution in [0.3, 0.4) is 0 Å². The summed E-state index contributed by atoms with van der Waals surface area (Å²) in [5.74, 6) is 0. The number of hydrogen-bond donors (Lipinski definition) is 1. The Labute approximate surface area is 122 Å². The Morgan fingerprint density at radius 3 is 2.60 bits per heavy atom. The number of rotatable bonds is 3. The van der Waals surface area contributed by atoms with Crippen LogP contribution in [0.5, 0.6) is 0 Å². The first-order valence-corrected chi connectivity index (χ1v) is 7.57. The van der Waals surface area contributed by atoms with Gasteiger partial charge in [-0.25, -0.2) is 8.42 Å². The first kappa shape index (κ1) is 14.4. The molecule has 0 heterocycles. The van der Waals surface area contributed by atoms with Crippen molar-refractivity contribution in [2.45, 2.75) is 11.8 Å². The monoisotopic (exact) mass is 306 g/mol. The molecule has 0 aromatic heterocycles. The molecule has 1 N–H and O–H groups in total.